The average Bonchev–Trinajstić information content (AvgIpc) is 3.33. The Labute approximate surface area is 183 Å². The van der Waals surface area contributed by atoms with Crippen LogP contribution < -0.4 is 5.32 Å². The van der Waals surface area contributed by atoms with Gasteiger partial charge in [0, 0.05) is 30.8 Å². The monoisotopic (exact) mass is 420 g/mol. The van der Waals surface area contributed by atoms with Crippen molar-refractivity contribution < 1.29 is 0 Å². The molecule has 0 amide bonds. The van der Waals surface area contributed by atoms with E-state index in [4.69, 9.17) is 12.2 Å². The molecule has 0 bridgehead atoms. The van der Waals surface area contributed by atoms with Crippen LogP contribution in [0.25, 0.3) is 0 Å². The molecular weight excluding hydrogens is 392 g/mol. The topological polar surface area (TPSA) is 49.2 Å². The second kappa shape index (κ2) is 9.36. The van der Waals surface area contributed by atoms with Gasteiger partial charge in [0.25, 0.3) is 0 Å². The molecular formula is C23H28N6S. The first-order chi connectivity index (χ1) is 14.6. The molecule has 4 heterocycles. The summed E-state index contributed by atoms with van der Waals surface area (Å²) >= 11 is 5.77. The van der Waals surface area contributed by atoms with E-state index in [1.54, 1.807) is 0 Å². The quantitative estimate of drug-likeness (QED) is 0.565. The summed E-state index contributed by atoms with van der Waals surface area (Å²) in [5.74, 6) is 0. The van der Waals surface area contributed by atoms with Crippen molar-refractivity contribution in [2.75, 3.05) is 27.2 Å². The van der Waals surface area contributed by atoms with Gasteiger partial charge in [-0.3, -0.25) is 9.97 Å². The van der Waals surface area contributed by atoms with Crippen molar-refractivity contribution in [2.45, 2.75) is 25.0 Å². The largest absolute Gasteiger partial charge is 0.352 e. The Kier molecular flexibility index (Phi) is 6.40. The van der Waals surface area contributed by atoms with Crippen LogP contribution in [0.15, 0.2) is 67.1 Å². The van der Waals surface area contributed by atoms with Crippen LogP contribution >= 0.6 is 12.2 Å². The highest BCUT2D eigenvalue weighted by Crippen LogP contribution is 2.38. The highest BCUT2D eigenvalue weighted by atomic mass is 32.1. The Bertz CT molecular complexity index is 956. The van der Waals surface area contributed by atoms with E-state index in [0.29, 0.717) is 0 Å². The van der Waals surface area contributed by atoms with Gasteiger partial charge in [0.15, 0.2) is 5.11 Å². The maximum absolute atomic E-state index is 5.77. The Hall–Kier alpha value is -2.77. The van der Waals surface area contributed by atoms with Crippen LogP contribution in [0, 0.1) is 0 Å². The minimum Gasteiger partial charge on any atom is -0.352 e. The lowest BCUT2D eigenvalue weighted by Crippen LogP contribution is -2.33. The number of hydrogen-bond donors (Lipinski definition) is 1. The number of rotatable bonds is 8. The van der Waals surface area contributed by atoms with Gasteiger partial charge < -0.3 is 19.7 Å². The number of pyridine rings is 2. The van der Waals surface area contributed by atoms with Crippen LogP contribution in [0.2, 0.25) is 0 Å². The molecule has 1 aliphatic rings. The first kappa shape index (κ1) is 20.5. The van der Waals surface area contributed by atoms with Crippen molar-refractivity contribution >= 4 is 17.3 Å². The Morgan fingerprint density at radius 3 is 2.53 bits per heavy atom. The lowest BCUT2D eigenvalue weighted by molar-refractivity contribution is 0.283. The maximum Gasteiger partial charge on any atom is 0.170 e. The van der Waals surface area contributed by atoms with E-state index in [-0.39, 0.29) is 12.1 Å². The smallest absolute Gasteiger partial charge is 0.170 e. The minimum atomic E-state index is 0.00967. The van der Waals surface area contributed by atoms with E-state index in [9.17, 15) is 0 Å². The molecule has 4 rings (SSSR count). The third-order valence-electron chi connectivity index (χ3n) is 5.43. The molecule has 3 aromatic rings. The molecule has 6 nitrogen and oxygen atoms in total. The molecule has 1 fully saturated rings. The number of thiocarbonyl (C=S) groups is 1. The fraction of sp³-hybridized carbons (Fsp3) is 0.348. The van der Waals surface area contributed by atoms with Gasteiger partial charge in [-0.05, 0) is 75.7 Å². The highest BCUT2D eigenvalue weighted by Gasteiger charge is 2.40. The van der Waals surface area contributed by atoms with Crippen molar-refractivity contribution in [3.8, 4) is 0 Å². The van der Waals surface area contributed by atoms with Crippen LogP contribution in [0.1, 0.15) is 35.6 Å². The summed E-state index contributed by atoms with van der Waals surface area (Å²) in [6, 6.07) is 16.5. The molecule has 1 N–H and O–H groups in total. The molecule has 0 spiro atoms. The summed E-state index contributed by atoms with van der Waals surface area (Å²) in [6.45, 7) is 2.65. The number of aromatic nitrogens is 3. The minimum absolute atomic E-state index is 0.00967. The molecule has 1 aliphatic heterocycles. The van der Waals surface area contributed by atoms with Crippen LogP contribution in [0.5, 0.6) is 0 Å². The molecule has 2 atom stereocenters. The van der Waals surface area contributed by atoms with Gasteiger partial charge in [0.05, 0.1) is 30.0 Å². The third-order valence-corrected chi connectivity index (χ3v) is 5.78. The van der Waals surface area contributed by atoms with Crippen LogP contribution in [-0.2, 0) is 6.54 Å². The van der Waals surface area contributed by atoms with Crippen LogP contribution in [0.3, 0.4) is 0 Å². The number of hydrogen-bond acceptors (Lipinski definition) is 4. The zero-order chi connectivity index (χ0) is 20.9. The Balaban J connectivity index is 1.66. The van der Waals surface area contributed by atoms with Crippen molar-refractivity contribution in [3.63, 3.8) is 0 Å². The van der Waals surface area contributed by atoms with Crippen molar-refractivity contribution in [3.05, 3.63) is 84.2 Å². The molecule has 0 saturated carbocycles. The zero-order valence-electron chi connectivity index (χ0n) is 17.5. The summed E-state index contributed by atoms with van der Waals surface area (Å²) in [5, 5.41) is 4.33. The number of nitrogens with zero attached hydrogens (tertiary/aromatic N) is 5. The van der Waals surface area contributed by atoms with Crippen molar-refractivity contribution in [1.82, 2.24) is 29.7 Å². The predicted molar refractivity (Wildman–Crippen MR) is 123 cm³/mol. The standard InChI is InChI=1S/C23H28N6S/c1-27(2)14-8-16-29-22(21(26-23(29)30)19-10-4-6-13-25-19)20-11-7-15-28(20)17-18-9-3-5-12-24-18/h3-7,9-13,15,21-22H,8,14,16-17H2,1-2H3,(H,26,30)/t21-,22+/m1/s1. The fourth-order valence-electron chi connectivity index (χ4n) is 4.03. The molecule has 0 radical (unpaired) electrons. The molecule has 7 heteroatoms. The third kappa shape index (κ3) is 4.52. The summed E-state index contributed by atoms with van der Waals surface area (Å²) in [5.41, 5.74) is 3.26. The van der Waals surface area contributed by atoms with Crippen molar-refractivity contribution in [2.24, 2.45) is 0 Å². The van der Waals surface area contributed by atoms with E-state index in [1.807, 2.05) is 36.7 Å². The van der Waals surface area contributed by atoms with Crippen LogP contribution in [0.4, 0.5) is 0 Å². The Morgan fingerprint density at radius 2 is 1.83 bits per heavy atom. The highest BCUT2D eigenvalue weighted by molar-refractivity contribution is 7.80. The van der Waals surface area contributed by atoms with Gasteiger partial charge in [-0.1, -0.05) is 12.1 Å². The Morgan fingerprint density at radius 1 is 1.03 bits per heavy atom. The van der Waals surface area contributed by atoms with E-state index >= 15 is 0 Å². The molecule has 0 aromatic carbocycles. The molecule has 1 saturated heterocycles. The second-order valence-corrected chi connectivity index (χ2v) is 8.25. The van der Waals surface area contributed by atoms with Gasteiger partial charge in [-0.25, -0.2) is 0 Å². The molecule has 0 unspecified atom stereocenters. The van der Waals surface area contributed by atoms with Crippen LogP contribution in [-0.4, -0.2) is 56.6 Å². The first-order valence-electron chi connectivity index (χ1n) is 10.3. The van der Waals surface area contributed by atoms with Gasteiger partial charge in [-0.15, -0.1) is 0 Å². The van der Waals surface area contributed by atoms with Gasteiger partial charge in [0.1, 0.15) is 0 Å². The van der Waals surface area contributed by atoms with Gasteiger partial charge in [-0.2, -0.15) is 0 Å². The summed E-state index contributed by atoms with van der Waals surface area (Å²) in [7, 11) is 4.21. The predicted octanol–water partition coefficient (Wildman–Crippen LogP) is 3.25. The van der Waals surface area contributed by atoms with E-state index < -0.39 is 0 Å². The first-order valence-corrected chi connectivity index (χ1v) is 10.7. The summed E-state index contributed by atoms with van der Waals surface area (Å²) in [4.78, 5) is 13.7. The van der Waals surface area contributed by atoms with Crippen molar-refractivity contribution in [1.29, 1.82) is 0 Å². The van der Waals surface area contributed by atoms with E-state index in [0.717, 1.165) is 42.6 Å². The summed E-state index contributed by atoms with van der Waals surface area (Å²) < 4.78 is 2.28. The van der Waals surface area contributed by atoms with E-state index in [2.05, 4.69) is 74.2 Å². The molecule has 30 heavy (non-hydrogen) atoms. The second-order valence-electron chi connectivity index (χ2n) is 7.86. The lowest BCUT2D eigenvalue weighted by atomic mass is 10.0. The maximum atomic E-state index is 5.77. The SMILES string of the molecule is CN(C)CCCN1C(=S)N[C@H](c2ccccn2)[C@@H]1c1cccn1Cc1ccccn1. The van der Waals surface area contributed by atoms with Gasteiger partial charge >= 0.3 is 0 Å². The van der Waals surface area contributed by atoms with E-state index in [1.165, 1.54) is 5.69 Å². The molecule has 156 valence electrons. The number of nitrogens with one attached hydrogen (secondary N) is 1. The molecule has 0 aliphatic carbocycles. The normalized spacial score (nSPS) is 18.8. The molecule has 3 aromatic heterocycles. The zero-order valence-corrected chi connectivity index (χ0v) is 18.3. The lowest BCUT2D eigenvalue weighted by Gasteiger charge is -2.29. The van der Waals surface area contributed by atoms with Gasteiger partial charge in [0.2, 0.25) is 0 Å². The summed E-state index contributed by atoms with van der Waals surface area (Å²) in [6.07, 6.45) is 6.85. The average molecular weight is 421 g/mol. The fourth-order valence-corrected chi connectivity index (χ4v) is 4.36.